The van der Waals surface area contributed by atoms with E-state index in [1.807, 2.05) is 20.8 Å². The monoisotopic (exact) mass is 256 g/mol. The maximum Gasteiger partial charge on any atom is 0.127 e. The van der Waals surface area contributed by atoms with Gasteiger partial charge in [-0.05, 0) is 20.3 Å². The summed E-state index contributed by atoms with van der Waals surface area (Å²) >= 11 is 0. The lowest BCUT2D eigenvalue weighted by atomic mass is 9.88. The normalized spacial score (nSPS) is 22.7. The molecule has 1 heterocycles. The lowest BCUT2D eigenvalue weighted by Gasteiger charge is -2.39. The molecule has 1 N–H and O–H groups in total. The summed E-state index contributed by atoms with van der Waals surface area (Å²) in [6, 6.07) is 0. The molecule has 1 aliphatic heterocycles. The van der Waals surface area contributed by atoms with Crippen LogP contribution in [0.4, 0.5) is 0 Å². The highest BCUT2D eigenvalue weighted by Crippen LogP contribution is 2.20. The van der Waals surface area contributed by atoms with Crippen molar-refractivity contribution in [3.05, 3.63) is 0 Å². The van der Waals surface area contributed by atoms with Gasteiger partial charge in [0.25, 0.3) is 0 Å². The van der Waals surface area contributed by atoms with Gasteiger partial charge in [-0.25, -0.2) is 0 Å². The molecule has 1 aliphatic rings. The minimum Gasteiger partial charge on any atom is -0.389 e. The lowest BCUT2D eigenvalue weighted by Crippen LogP contribution is -2.52. The van der Waals surface area contributed by atoms with Gasteiger partial charge in [0.1, 0.15) is 6.29 Å². The number of aldehydes is 1. The standard InChI is InChI=1S/C14H28N2O2/c1-5-14(4,12-17)11-16-8-6-15(7-9-16)10-13(2,3)18/h12,18H,5-11H2,1-4H3. The van der Waals surface area contributed by atoms with Crippen molar-refractivity contribution in [2.24, 2.45) is 5.41 Å². The van der Waals surface area contributed by atoms with Crippen molar-refractivity contribution in [1.29, 1.82) is 0 Å². The first-order chi connectivity index (χ1) is 8.28. The zero-order valence-corrected chi connectivity index (χ0v) is 12.3. The van der Waals surface area contributed by atoms with Crippen LogP contribution in [-0.4, -0.2) is 66.1 Å². The van der Waals surface area contributed by atoms with Gasteiger partial charge in [-0.1, -0.05) is 13.8 Å². The Balaban J connectivity index is 2.38. The fraction of sp³-hybridized carbons (Fsp3) is 0.929. The molecule has 0 amide bonds. The zero-order valence-electron chi connectivity index (χ0n) is 12.3. The minimum atomic E-state index is -0.622. The summed E-state index contributed by atoms with van der Waals surface area (Å²) in [5.74, 6) is 0. The fourth-order valence-corrected chi connectivity index (χ4v) is 2.40. The number of β-amino-alcohol motifs (C(OH)–C–C–N with tert-alkyl or cyclic N) is 1. The molecule has 0 aromatic carbocycles. The van der Waals surface area contributed by atoms with Crippen LogP contribution >= 0.6 is 0 Å². The van der Waals surface area contributed by atoms with E-state index in [0.717, 1.165) is 52.0 Å². The van der Waals surface area contributed by atoms with Crippen LogP contribution < -0.4 is 0 Å². The molecule has 0 radical (unpaired) electrons. The van der Waals surface area contributed by atoms with Crippen LogP contribution in [0.5, 0.6) is 0 Å². The molecule has 0 aliphatic carbocycles. The average molecular weight is 256 g/mol. The van der Waals surface area contributed by atoms with Crippen LogP contribution in [0.15, 0.2) is 0 Å². The molecule has 1 unspecified atom stereocenters. The van der Waals surface area contributed by atoms with Crippen LogP contribution in [-0.2, 0) is 4.79 Å². The smallest absolute Gasteiger partial charge is 0.127 e. The number of rotatable bonds is 6. The lowest BCUT2D eigenvalue weighted by molar-refractivity contribution is -0.116. The topological polar surface area (TPSA) is 43.8 Å². The third kappa shape index (κ3) is 5.04. The maximum atomic E-state index is 11.1. The van der Waals surface area contributed by atoms with Crippen LogP contribution in [0.2, 0.25) is 0 Å². The quantitative estimate of drug-likeness (QED) is 0.720. The van der Waals surface area contributed by atoms with Gasteiger partial charge < -0.3 is 9.90 Å². The van der Waals surface area contributed by atoms with Gasteiger partial charge in [-0.2, -0.15) is 0 Å². The molecule has 0 bridgehead atoms. The number of hydrogen-bond donors (Lipinski definition) is 1. The fourth-order valence-electron chi connectivity index (χ4n) is 2.40. The molecule has 0 aromatic heterocycles. The SMILES string of the molecule is CCC(C)(C=O)CN1CCN(CC(C)(C)O)CC1. The van der Waals surface area contributed by atoms with E-state index in [9.17, 15) is 9.90 Å². The Labute approximate surface area is 111 Å². The zero-order chi connectivity index (χ0) is 13.8. The third-order valence-corrected chi connectivity index (χ3v) is 3.75. The molecule has 1 rings (SSSR count). The summed E-state index contributed by atoms with van der Waals surface area (Å²) in [6.45, 7) is 13.3. The molecule has 18 heavy (non-hydrogen) atoms. The first kappa shape index (κ1) is 15.6. The molecule has 1 saturated heterocycles. The minimum absolute atomic E-state index is 0.210. The van der Waals surface area contributed by atoms with Gasteiger partial charge >= 0.3 is 0 Å². The molecular formula is C14H28N2O2. The Hall–Kier alpha value is -0.450. The van der Waals surface area contributed by atoms with Crippen LogP contribution in [0, 0.1) is 5.41 Å². The molecule has 0 spiro atoms. The highest BCUT2D eigenvalue weighted by Gasteiger charge is 2.28. The second-order valence-electron chi connectivity index (χ2n) is 6.49. The van der Waals surface area contributed by atoms with E-state index >= 15 is 0 Å². The van der Waals surface area contributed by atoms with E-state index in [0.29, 0.717) is 0 Å². The number of hydrogen-bond acceptors (Lipinski definition) is 4. The third-order valence-electron chi connectivity index (χ3n) is 3.75. The van der Waals surface area contributed by atoms with Crippen molar-refractivity contribution in [3.63, 3.8) is 0 Å². The Kier molecular flexibility index (Phi) is 5.32. The Morgan fingerprint density at radius 2 is 1.50 bits per heavy atom. The molecule has 4 nitrogen and oxygen atoms in total. The van der Waals surface area contributed by atoms with E-state index < -0.39 is 5.60 Å². The summed E-state index contributed by atoms with van der Waals surface area (Å²) in [5, 5.41) is 9.80. The van der Waals surface area contributed by atoms with Crippen molar-refractivity contribution < 1.29 is 9.90 Å². The number of carbonyl (C=O) groups is 1. The first-order valence-electron chi connectivity index (χ1n) is 6.91. The van der Waals surface area contributed by atoms with Crippen LogP contribution in [0.25, 0.3) is 0 Å². The molecular weight excluding hydrogens is 228 g/mol. The van der Waals surface area contributed by atoms with Gasteiger partial charge in [-0.3, -0.25) is 9.80 Å². The highest BCUT2D eigenvalue weighted by atomic mass is 16.3. The van der Waals surface area contributed by atoms with Crippen molar-refractivity contribution in [3.8, 4) is 0 Å². The van der Waals surface area contributed by atoms with Crippen molar-refractivity contribution in [2.45, 2.75) is 39.7 Å². The van der Waals surface area contributed by atoms with Gasteiger partial charge in [0.2, 0.25) is 0 Å². The number of aliphatic hydroxyl groups is 1. The van der Waals surface area contributed by atoms with Gasteiger partial charge in [-0.15, -0.1) is 0 Å². The Morgan fingerprint density at radius 1 is 1.06 bits per heavy atom. The summed E-state index contributed by atoms with van der Waals surface area (Å²) in [7, 11) is 0. The highest BCUT2D eigenvalue weighted by molar-refractivity contribution is 5.58. The van der Waals surface area contributed by atoms with Crippen LogP contribution in [0.1, 0.15) is 34.1 Å². The van der Waals surface area contributed by atoms with Crippen molar-refractivity contribution in [2.75, 3.05) is 39.3 Å². The van der Waals surface area contributed by atoms with Crippen molar-refractivity contribution >= 4 is 6.29 Å². The van der Waals surface area contributed by atoms with Gasteiger partial charge in [0, 0.05) is 44.7 Å². The van der Waals surface area contributed by atoms with Gasteiger partial charge in [0.05, 0.1) is 5.60 Å². The second-order valence-corrected chi connectivity index (χ2v) is 6.49. The molecule has 106 valence electrons. The Morgan fingerprint density at radius 3 is 1.83 bits per heavy atom. The molecule has 0 aromatic rings. The molecule has 0 saturated carbocycles. The second kappa shape index (κ2) is 6.13. The molecule has 4 heteroatoms. The van der Waals surface area contributed by atoms with Crippen LogP contribution in [0.3, 0.4) is 0 Å². The van der Waals surface area contributed by atoms with Gasteiger partial charge in [0.15, 0.2) is 0 Å². The predicted molar refractivity (Wildman–Crippen MR) is 73.6 cm³/mol. The summed E-state index contributed by atoms with van der Waals surface area (Å²) in [4.78, 5) is 15.8. The van der Waals surface area contributed by atoms with E-state index in [1.54, 1.807) is 0 Å². The predicted octanol–water partition coefficient (Wildman–Crippen LogP) is 0.990. The molecule has 1 atom stereocenters. The summed E-state index contributed by atoms with van der Waals surface area (Å²) in [5.41, 5.74) is -0.832. The first-order valence-corrected chi connectivity index (χ1v) is 6.91. The largest absolute Gasteiger partial charge is 0.389 e. The summed E-state index contributed by atoms with van der Waals surface area (Å²) < 4.78 is 0. The summed E-state index contributed by atoms with van der Waals surface area (Å²) in [6.07, 6.45) is 1.98. The number of nitrogens with zero attached hydrogens (tertiary/aromatic N) is 2. The number of carbonyl (C=O) groups excluding carboxylic acids is 1. The van der Waals surface area contributed by atoms with E-state index in [2.05, 4.69) is 16.7 Å². The van der Waals surface area contributed by atoms with E-state index in [1.165, 1.54) is 0 Å². The molecule has 1 fully saturated rings. The maximum absolute atomic E-state index is 11.1. The van der Waals surface area contributed by atoms with E-state index in [-0.39, 0.29) is 5.41 Å². The number of piperazine rings is 1. The Bertz CT molecular complexity index is 267. The average Bonchev–Trinajstić information content (AvgIpc) is 2.30. The van der Waals surface area contributed by atoms with Crippen molar-refractivity contribution in [1.82, 2.24) is 9.80 Å². The van der Waals surface area contributed by atoms with E-state index in [4.69, 9.17) is 0 Å².